The van der Waals surface area contributed by atoms with Crippen LogP contribution in [0.25, 0.3) is 11.3 Å². The van der Waals surface area contributed by atoms with E-state index in [0.717, 1.165) is 29.9 Å². The van der Waals surface area contributed by atoms with Crippen LogP contribution in [0.3, 0.4) is 0 Å². The Bertz CT molecular complexity index is 457. The molecule has 0 saturated heterocycles. The highest BCUT2D eigenvalue weighted by Crippen LogP contribution is 2.18. The summed E-state index contributed by atoms with van der Waals surface area (Å²) in [7, 11) is 0. The molecule has 0 saturated carbocycles. The van der Waals surface area contributed by atoms with Crippen LogP contribution >= 0.6 is 0 Å². The van der Waals surface area contributed by atoms with Gasteiger partial charge in [0.1, 0.15) is 0 Å². The number of aromatic nitrogens is 2. The van der Waals surface area contributed by atoms with Gasteiger partial charge in [-0.05, 0) is 30.2 Å². The molecule has 0 aliphatic heterocycles. The van der Waals surface area contributed by atoms with Gasteiger partial charge in [-0.15, -0.1) is 0 Å². The summed E-state index contributed by atoms with van der Waals surface area (Å²) in [6.07, 6.45) is 4.56. The van der Waals surface area contributed by atoms with E-state index in [9.17, 15) is 0 Å². The van der Waals surface area contributed by atoms with Gasteiger partial charge in [-0.1, -0.05) is 19.1 Å². The lowest BCUT2D eigenvalue weighted by Crippen LogP contribution is -1.95. The van der Waals surface area contributed by atoms with Crippen molar-refractivity contribution in [1.82, 2.24) is 10.2 Å². The minimum atomic E-state index is 0.860. The van der Waals surface area contributed by atoms with Gasteiger partial charge in [0.25, 0.3) is 0 Å². The predicted molar refractivity (Wildman–Crippen MR) is 71.3 cm³/mol. The normalized spacial score (nSPS) is 10.9. The number of hydrogen-bond acceptors (Lipinski definition) is 2. The summed E-state index contributed by atoms with van der Waals surface area (Å²) in [4.78, 5) is 4.21. The third-order valence-corrected chi connectivity index (χ3v) is 2.37. The number of benzene rings is 1. The molecule has 4 nitrogen and oxygen atoms in total. The molecule has 0 spiro atoms. The Morgan fingerprint density at radius 3 is 2.76 bits per heavy atom. The second-order valence-electron chi connectivity index (χ2n) is 3.73. The quantitative estimate of drug-likeness (QED) is 0.610. The highest BCUT2D eigenvalue weighted by Gasteiger charge is 1.97. The average molecular weight is 228 g/mol. The van der Waals surface area contributed by atoms with Crippen molar-refractivity contribution in [3.63, 3.8) is 0 Å². The molecule has 17 heavy (non-hydrogen) atoms. The summed E-state index contributed by atoms with van der Waals surface area (Å²) in [6, 6.07) is 10.1. The number of nitrogens with one attached hydrogen (secondary N) is 2. The summed E-state index contributed by atoms with van der Waals surface area (Å²) in [5.41, 5.74) is 3.18. The van der Waals surface area contributed by atoms with E-state index in [1.54, 1.807) is 12.5 Å². The van der Waals surface area contributed by atoms with Gasteiger partial charge < -0.3 is 5.32 Å². The van der Waals surface area contributed by atoms with E-state index in [-0.39, 0.29) is 0 Å². The maximum Gasteiger partial charge on any atom is 0.0867 e. The summed E-state index contributed by atoms with van der Waals surface area (Å²) in [6.45, 7) is 2.97. The molecule has 1 aromatic heterocycles. The Kier molecular flexibility index (Phi) is 3.91. The van der Waals surface area contributed by atoms with Crippen molar-refractivity contribution in [2.24, 2.45) is 4.99 Å². The van der Waals surface area contributed by atoms with Crippen LogP contribution in [0.15, 0.2) is 41.5 Å². The maximum atomic E-state index is 4.21. The van der Waals surface area contributed by atoms with Crippen LogP contribution in [0.1, 0.15) is 13.3 Å². The van der Waals surface area contributed by atoms with E-state index in [4.69, 9.17) is 0 Å². The summed E-state index contributed by atoms with van der Waals surface area (Å²) >= 11 is 0. The molecule has 0 aliphatic carbocycles. The SMILES string of the molecule is CCCN=CNc1ccc(-c2ccn[nH]2)cc1. The molecule has 2 rings (SSSR count). The lowest BCUT2D eigenvalue weighted by Gasteiger charge is -2.01. The molecule has 4 heteroatoms. The molecular weight excluding hydrogens is 212 g/mol. The Morgan fingerprint density at radius 2 is 2.12 bits per heavy atom. The minimum Gasteiger partial charge on any atom is -0.347 e. The molecule has 88 valence electrons. The van der Waals surface area contributed by atoms with Gasteiger partial charge in [0, 0.05) is 18.4 Å². The van der Waals surface area contributed by atoms with Crippen LogP contribution in [0.4, 0.5) is 5.69 Å². The molecule has 1 heterocycles. The van der Waals surface area contributed by atoms with Crippen molar-refractivity contribution in [1.29, 1.82) is 0 Å². The molecule has 0 atom stereocenters. The average Bonchev–Trinajstić information content (AvgIpc) is 2.89. The van der Waals surface area contributed by atoms with Crippen molar-refractivity contribution >= 4 is 12.0 Å². The van der Waals surface area contributed by atoms with E-state index in [1.807, 2.05) is 30.3 Å². The van der Waals surface area contributed by atoms with Crippen LogP contribution in [0.2, 0.25) is 0 Å². The van der Waals surface area contributed by atoms with Crippen LogP contribution in [0, 0.1) is 0 Å². The summed E-state index contributed by atoms with van der Waals surface area (Å²) in [5.74, 6) is 0. The minimum absolute atomic E-state index is 0.860. The van der Waals surface area contributed by atoms with Crippen molar-refractivity contribution in [2.75, 3.05) is 11.9 Å². The number of H-pyrrole nitrogens is 1. The first-order chi connectivity index (χ1) is 8.40. The van der Waals surface area contributed by atoms with E-state index in [2.05, 4.69) is 27.4 Å². The Morgan fingerprint density at radius 1 is 1.29 bits per heavy atom. The first-order valence-electron chi connectivity index (χ1n) is 5.75. The zero-order valence-corrected chi connectivity index (χ0v) is 9.85. The van der Waals surface area contributed by atoms with Gasteiger partial charge in [-0.25, -0.2) is 0 Å². The van der Waals surface area contributed by atoms with Crippen LogP contribution < -0.4 is 5.32 Å². The van der Waals surface area contributed by atoms with Gasteiger partial charge in [-0.2, -0.15) is 5.10 Å². The van der Waals surface area contributed by atoms with E-state index >= 15 is 0 Å². The van der Waals surface area contributed by atoms with Crippen molar-refractivity contribution in [3.05, 3.63) is 36.5 Å². The first kappa shape index (κ1) is 11.4. The Hall–Kier alpha value is -2.10. The van der Waals surface area contributed by atoms with Gasteiger partial charge in [0.2, 0.25) is 0 Å². The predicted octanol–water partition coefficient (Wildman–Crippen LogP) is 2.93. The second kappa shape index (κ2) is 5.84. The summed E-state index contributed by atoms with van der Waals surface area (Å²) in [5, 5.41) is 10.00. The van der Waals surface area contributed by atoms with Crippen molar-refractivity contribution in [3.8, 4) is 11.3 Å². The molecule has 0 radical (unpaired) electrons. The molecule has 0 fully saturated rings. The van der Waals surface area contributed by atoms with Crippen molar-refractivity contribution < 1.29 is 0 Å². The van der Waals surface area contributed by atoms with E-state index < -0.39 is 0 Å². The molecule has 0 bridgehead atoms. The fourth-order valence-corrected chi connectivity index (χ4v) is 1.48. The molecule has 2 aromatic rings. The van der Waals surface area contributed by atoms with Gasteiger partial charge in [-0.3, -0.25) is 10.1 Å². The standard InChI is InChI=1S/C13H16N4/c1-2-8-14-10-15-12-5-3-11(4-6-12)13-7-9-16-17-13/h3-7,9-10H,2,8H2,1H3,(H,14,15)(H,16,17). The Balaban J connectivity index is 1.99. The topological polar surface area (TPSA) is 53.1 Å². The van der Waals surface area contributed by atoms with Gasteiger partial charge in [0.05, 0.1) is 12.0 Å². The fraction of sp³-hybridized carbons (Fsp3) is 0.231. The highest BCUT2D eigenvalue weighted by molar-refractivity contribution is 5.76. The third-order valence-electron chi connectivity index (χ3n) is 2.37. The van der Waals surface area contributed by atoms with Crippen LogP contribution in [-0.2, 0) is 0 Å². The fourth-order valence-electron chi connectivity index (χ4n) is 1.48. The number of anilines is 1. The zero-order chi connectivity index (χ0) is 11.9. The molecule has 0 amide bonds. The zero-order valence-electron chi connectivity index (χ0n) is 9.85. The number of rotatable bonds is 5. The molecule has 0 unspecified atom stereocenters. The second-order valence-corrected chi connectivity index (χ2v) is 3.73. The van der Waals surface area contributed by atoms with Crippen LogP contribution in [0.5, 0.6) is 0 Å². The van der Waals surface area contributed by atoms with Crippen molar-refractivity contribution in [2.45, 2.75) is 13.3 Å². The monoisotopic (exact) mass is 228 g/mol. The largest absolute Gasteiger partial charge is 0.347 e. The molecule has 2 N–H and O–H groups in total. The first-order valence-corrected chi connectivity index (χ1v) is 5.75. The molecular formula is C13H16N4. The van der Waals surface area contributed by atoms with Gasteiger partial charge >= 0.3 is 0 Å². The van der Waals surface area contributed by atoms with E-state index in [1.165, 1.54) is 0 Å². The maximum absolute atomic E-state index is 4.21. The lowest BCUT2D eigenvalue weighted by molar-refractivity contribution is 0.936. The Labute approximate surface area is 101 Å². The molecule has 1 aromatic carbocycles. The summed E-state index contributed by atoms with van der Waals surface area (Å²) < 4.78 is 0. The lowest BCUT2D eigenvalue weighted by atomic mass is 10.1. The molecule has 0 aliphatic rings. The van der Waals surface area contributed by atoms with Gasteiger partial charge in [0.15, 0.2) is 0 Å². The number of aromatic amines is 1. The highest BCUT2D eigenvalue weighted by atomic mass is 15.1. The number of nitrogens with zero attached hydrogens (tertiary/aromatic N) is 2. The van der Waals surface area contributed by atoms with Crippen LogP contribution in [-0.4, -0.2) is 23.1 Å². The van der Waals surface area contributed by atoms with E-state index in [0.29, 0.717) is 0 Å². The number of hydrogen-bond donors (Lipinski definition) is 2. The smallest absolute Gasteiger partial charge is 0.0867 e. The third kappa shape index (κ3) is 3.17. The number of aliphatic imine (C=N–C) groups is 1.